The highest BCUT2D eigenvalue weighted by Crippen LogP contribution is 2.26. The molecule has 0 aromatic heterocycles. The molecular weight excluding hydrogens is 336 g/mol. The Hall–Kier alpha value is -2.18. The number of nitrogens with one attached hydrogen (secondary N) is 1. The molecule has 1 aliphatic heterocycles. The number of fused-ring (bicyclic) bond motifs is 1. The molecule has 132 valence electrons. The number of carbonyl (C=O) groups is 1. The molecule has 1 unspecified atom stereocenters. The summed E-state index contributed by atoms with van der Waals surface area (Å²) in [7, 11) is -3.50. The molecule has 0 bridgehead atoms. The summed E-state index contributed by atoms with van der Waals surface area (Å²) in [4.78, 5) is 12.9. The number of anilines is 1. The number of hydrogen-bond donors (Lipinski definition) is 1. The van der Waals surface area contributed by atoms with Gasteiger partial charge in [-0.1, -0.05) is 49.4 Å². The SMILES string of the molecule is CCc1ccccc1NC(=O)C1Cc2ccccc2CN1S(C)(=O)=O. The first-order valence-corrected chi connectivity index (χ1v) is 10.2. The lowest BCUT2D eigenvalue weighted by atomic mass is 9.95. The van der Waals surface area contributed by atoms with Crippen LogP contribution in [0.2, 0.25) is 0 Å². The average Bonchev–Trinajstić information content (AvgIpc) is 2.60. The number of amides is 1. The number of aryl methyl sites for hydroxylation is 1. The molecule has 2 aromatic carbocycles. The van der Waals surface area contributed by atoms with Gasteiger partial charge in [0.05, 0.1) is 6.26 Å². The quantitative estimate of drug-likeness (QED) is 0.913. The largest absolute Gasteiger partial charge is 0.324 e. The maximum Gasteiger partial charge on any atom is 0.243 e. The molecule has 0 spiro atoms. The summed E-state index contributed by atoms with van der Waals surface area (Å²) in [5.74, 6) is -0.291. The predicted molar refractivity (Wildman–Crippen MR) is 98.8 cm³/mol. The molecule has 0 saturated heterocycles. The number of sulfonamides is 1. The summed E-state index contributed by atoms with van der Waals surface area (Å²) in [5.41, 5.74) is 3.73. The van der Waals surface area contributed by atoms with Crippen LogP contribution in [0, 0.1) is 0 Å². The lowest BCUT2D eigenvalue weighted by molar-refractivity contribution is -0.120. The minimum atomic E-state index is -3.50. The number of hydrogen-bond acceptors (Lipinski definition) is 3. The van der Waals surface area contributed by atoms with Crippen LogP contribution >= 0.6 is 0 Å². The van der Waals surface area contributed by atoms with Crippen molar-refractivity contribution in [3.63, 3.8) is 0 Å². The Bertz CT molecular complexity index is 893. The summed E-state index contributed by atoms with van der Waals surface area (Å²) in [6.07, 6.45) is 2.32. The molecule has 1 amide bonds. The highest BCUT2D eigenvalue weighted by atomic mass is 32.2. The van der Waals surface area contributed by atoms with Gasteiger partial charge in [-0.2, -0.15) is 4.31 Å². The Morgan fingerprint density at radius 3 is 2.44 bits per heavy atom. The van der Waals surface area contributed by atoms with Crippen LogP contribution in [0.15, 0.2) is 48.5 Å². The molecule has 0 saturated carbocycles. The zero-order chi connectivity index (χ0) is 18.0. The van der Waals surface area contributed by atoms with Crippen molar-refractivity contribution in [2.45, 2.75) is 32.4 Å². The van der Waals surface area contributed by atoms with E-state index < -0.39 is 16.1 Å². The molecule has 5 nitrogen and oxygen atoms in total. The van der Waals surface area contributed by atoms with Crippen molar-refractivity contribution in [2.24, 2.45) is 0 Å². The molecule has 25 heavy (non-hydrogen) atoms. The van der Waals surface area contributed by atoms with E-state index in [9.17, 15) is 13.2 Å². The third-order valence-corrected chi connectivity index (χ3v) is 5.83. The molecular formula is C19H22N2O3S. The van der Waals surface area contributed by atoms with Crippen LogP contribution in [-0.4, -0.2) is 30.9 Å². The van der Waals surface area contributed by atoms with Crippen LogP contribution in [0.4, 0.5) is 5.69 Å². The minimum absolute atomic E-state index is 0.225. The topological polar surface area (TPSA) is 66.5 Å². The summed E-state index contributed by atoms with van der Waals surface area (Å²) < 4.78 is 25.8. The summed E-state index contributed by atoms with van der Waals surface area (Å²) in [6, 6.07) is 14.5. The van der Waals surface area contributed by atoms with Crippen molar-refractivity contribution in [1.82, 2.24) is 4.31 Å². The number of benzene rings is 2. The van der Waals surface area contributed by atoms with Crippen molar-refractivity contribution in [3.05, 3.63) is 65.2 Å². The Labute approximate surface area is 148 Å². The van der Waals surface area contributed by atoms with E-state index in [1.807, 2.05) is 55.5 Å². The van der Waals surface area contributed by atoms with Gasteiger partial charge in [-0.15, -0.1) is 0 Å². The van der Waals surface area contributed by atoms with E-state index in [0.29, 0.717) is 6.42 Å². The van der Waals surface area contributed by atoms with E-state index in [4.69, 9.17) is 0 Å². The molecule has 1 aliphatic rings. The number of rotatable bonds is 4. The van der Waals surface area contributed by atoms with Crippen LogP contribution in [0.1, 0.15) is 23.6 Å². The fourth-order valence-corrected chi connectivity index (χ4v) is 4.24. The Kier molecular flexibility index (Phi) is 4.92. The molecule has 1 N–H and O–H groups in total. The second-order valence-corrected chi connectivity index (χ2v) is 8.23. The van der Waals surface area contributed by atoms with Crippen molar-refractivity contribution < 1.29 is 13.2 Å². The smallest absolute Gasteiger partial charge is 0.243 e. The first kappa shape index (κ1) is 17.6. The maximum atomic E-state index is 12.9. The highest BCUT2D eigenvalue weighted by Gasteiger charge is 2.36. The average molecular weight is 358 g/mol. The van der Waals surface area contributed by atoms with Crippen molar-refractivity contribution in [3.8, 4) is 0 Å². The van der Waals surface area contributed by atoms with Crippen molar-refractivity contribution >= 4 is 21.6 Å². The second kappa shape index (κ2) is 6.98. The minimum Gasteiger partial charge on any atom is -0.324 e. The molecule has 2 aromatic rings. The van der Waals surface area contributed by atoms with Crippen LogP contribution in [-0.2, 0) is 34.2 Å². The Balaban J connectivity index is 1.91. The monoisotopic (exact) mass is 358 g/mol. The lowest BCUT2D eigenvalue weighted by Crippen LogP contribution is -2.50. The van der Waals surface area contributed by atoms with Gasteiger partial charge in [0.1, 0.15) is 6.04 Å². The first-order chi connectivity index (χ1) is 11.9. The Morgan fingerprint density at radius 2 is 1.76 bits per heavy atom. The summed E-state index contributed by atoms with van der Waals surface area (Å²) in [6.45, 7) is 2.24. The third kappa shape index (κ3) is 3.75. The second-order valence-electron chi connectivity index (χ2n) is 6.30. The summed E-state index contributed by atoms with van der Waals surface area (Å²) in [5, 5.41) is 2.92. The van der Waals surface area contributed by atoms with Gasteiger partial charge in [-0.3, -0.25) is 4.79 Å². The molecule has 1 heterocycles. The number of nitrogens with zero attached hydrogens (tertiary/aromatic N) is 1. The van der Waals surface area contributed by atoms with E-state index in [1.54, 1.807) is 0 Å². The first-order valence-electron chi connectivity index (χ1n) is 8.32. The fourth-order valence-electron chi connectivity index (χ4n) is 3.24. The van der Waals surface area contributed by atoms with Gasteiger partial charge in [0.2, 0.25) is 15.9 Å². The highest BCUT2D eigenvalue weighted by molar-refractivity contribution is 7.88. The van der Waals surface area contributed by atoms with E-state index >= 15 is 0 Å². The van der Waals surface area contributed by atoms with E-state index in [1.165, 1.54) is 4.31 Å². The van der Waals surface area contributed by atoms with Gasteiger partial charge < -0.3 is 5.32 Å². The van der Waals surface area contributed by atoms with E-state index in [0.717, 1.165) is 35.1 Å². The molecule has 6 heteroatoms. The number of carbonyl (C=O) groups excluding carboxylic acids is 1. The zero-order valence-electron chi connectivity index (χ0n) is 14.4. The van der Waals surface area contributed by atoms with Crippen LogP contribution < -0.4 is 5.32 Å². The molecule has 0 fully saturated rings. The van der Waals surface area contributed by atoms with Crippen LogP contribution in [0.5, 0.6) is 0 Å². The lowest BCUT2D eigenvalue weighted by Gasteiger charge is -2.34. The molecule has 3 rings (SSSR count). The van der Waals surface area contributed by atoms with Crippen molar-refractivity contribution in [2.75, 3.05) is 11.6 Å². The van der Waals surface area contributed by atoms with Crippen molar-refractivity contribution in [1.29, 1.82) is 0 Å². The fraction of sp³-hybridized carbons (Fsp3) is 0.316. The van der Waals surface area contributed by atoms with Gasteiger partial charge in [-0.05, 0) is 35.6 Å². The van der Waals surface area contributed by atoms with Gasteiger partial charge in [0, 0.05) is 12.2 Å². The molecule has 0 radical (unpaired) electrons. The maximum absolute atomic E-state index is 12.9. The van der Waals surface area contributed by atoms with Gasteiger partial charge >= 0.3 is 0 Å². The molecule has 1 atom stereocenters. The van der Waals surface area contributed by atoms with Gasteiger partial charge in [-0.25, -0.2) is 8.42 Å². The Morgan fingerprint density at radius 1 is 1.12 bits per heavy atom. The predicted octanol–water partition coefficient (Wildman–Crippen LogP) is 2.57. The molecule has 0 aliphatic carbocycles. The standard InChI is InChI=1S/C19H22N2O3S/c1-3-14-8-6-7-11-17(14)20-19(22)18-12-15-9-4-5-10-16(15)13-21(18)25(2,23)24/h4-11,18H,3,12-13H2,1-2H3,(H,20,22). The van der Waals surface area contributed by atoms with Crippen LogP contribution in [0.25, 0.3) is 0 Å². The third-order valence-electron chi connectivity index (χ3n) is 4.59. The summed E-state index contributed by atoms with van der Waals surface area (Å²) >= 11 is 0. The normalized spacial score (nSPS) is 17.8. The van der Waals surface area contributed by atoms with Gasteiger partial charge in [0.25, 0.3) is 0 Å². The van der Waals surface area contributed by atoms with E-state index in [2.05, 4.69) is 5.32 Å². The van der Waals surface area contributed by atoms with E-state index in [-0.39, 0.29) is 12.5 Å². The van der Waals surface area contributed by atoms with Gasteiger partial charge in [0.15, 0.2) is 0 Å². The number of para-hydroxylation sites is 1. The zero-order valence-corrected chi connectivity index (χ0v) is 15.2. The van der Waals surface area contributed by atoms with Crippen LogP contribution in [0.3, 0.4) is 0 Å².